The number of aliphatic imine (C=N–C) groups is 1. The van der Waals surface area contributed by atoms with Crippen molar-refractivity contribution in [2.24, 2.45) is 4.99 Å². The quantitative estimate of drug-likeness (QED) is 0.486. The fraction of sp³-hybridized carbons (Fsp3) is 0.300. The molecule has 0 aliphatic carbocycles. The molecular formula is C20H23F3N4O2. The van der Waals surface area contributed by atoms with Crippen molar-refractivity contribution < 1.29 is 22.7 Å². The van der Waals surface area contributed by atoms with E-state index in [4.69, 9.17) is 0 Å². The van der Waals surface area contributed by atoms with Crippen molar-refractivity contribution in [2.75, 3.05) is 13.6 Å². The first-order valence-electron chi connectivity index (χ1n) is 8.97. The van der Waals surface area contributed by atoms with Crippen molar-refractivity contribution in [3.63, 3.8) is 0 Å². The number of alkyl halides is 3. The van der Waals surface area contributed by atoms with Gasteiger partial charge in [0.05, 0.1) is 0 Å². The molecule has 0 bridgehead atoms. The number of benzene rings is 2. The van der Waals surface area contributed by atoms with Gasteiger partial charge in [-0.2, -0.15) is 0 Å². The van der Waals surface area contributed by atoms with Crippen molar-refractivity contribution >= 4 is 11.9 Å². The van der Waals surface area contributed by atoms with Crippen molar-refractivity contribution in [1.82, 2.24) is 16.0 Å². The van der Waals surface area contributed by atoms with Crippen molar-refractivity contribution in [1.29, 1.82) is 0 Å². The molecule has 0 spiro atoms. The molecule has 156 valence electrons. The summed E-state index contributed by atoms with van der Waals surface area (Å²) in [5.74, 6) is -0.0223. The first kappa shape index (κ1) is 22.1. The van der Waals surface area contributed by atoms with Crippen molar-refractivity contribution in [3.05, 3.63) is 65.2 Å². The zero-order valence-electron chi connectivity index (χ0n) is 16.1. The number of nitrogens with one attached hydrogen (secondary N) is 3. The maximum absolute atomic E-state index is 12.5. The summed E-state index contributed by atoms with van der Waals surface area (Å²) in [5.41, 5.74) is 1.75. The van der Waals surface area contributed by atoms with Gasteiger partial charge in [-0.05, 0) is 30.7 Å². The van der Waals surface area contributed by atoms with Crippen LogP contribution in [0.4, 0.5) is 13.2 Å². The molecule has 0 unspecified atom stereocenters. The number of nitrogens with zero attached hydrogens (tertiary/aromatic N) is 1. The standard InChI is InChI=1S/C20H23F3N4O2/c1-3-25-18(28)15-9-6-7-14(11-15)12-26-19(24-2)27-13-16-8-4-5-10-17(16)29-20(21,22)23/h4-11H,3,12-13H2,1-2H3,(H,25,28)(H2,24,26,27). The molecule has 0 radical (unpaired) electrons. The van der Waals surface area contributed by atoms with Crippen LogP contribution in [0.25, 0.3) is 0 Å². The van der Waals surface area contributed by atoms with Gasteiger partial charge in [-0.1, -0.05) is 30.3 Å². The summed E-state index contributed by atoms with van der Waals surface area (Å²) < 4.78 is 41.6. The monoisotopic (exact) mass is 408 g/mol. The van der Waals surface area contributed by atoms with Crippen LogP contribution in [0.2, 0.25) is 0 Å². The normalized spacial score (nSPS) is 11.7. The van der Waals surface area contributed by atoms with Crippen LogP contribution < -0.4 is 20.7 Å². The summed E-state index contributed by atoms with van der Waals surface area (Å²) in [6, 6.07) is 13.0. The second-order valence-corrected chi connectivity index (χ2v) is 5.99. The molecule has 0 aliphatic rings. The molecule has 2 aromatic rings. The second-order valence-electron chi connectivity index (χ2n) is 5.99. The van der Waals surface area contributed by atoms with Crippen LogP contribution in [0.3, 0.4) is 0 Å². The molecule has 2 aromatic carbocycles. The van der Waals surface area contributed by atoms with E-state index in [0.717, 1.165) is 5.56 Å². The number of rotatable bonds is 7. The highest BCUT2D eigenvalue weighted by molar-refractivity contribution is 5.94. The molecule has 1 amide bonds. The number of hydrogen-bond acceptors (Lipinski definition) is 3. The largest absolute Gasteiger partial charge is 0.573 e. The highest BCUT2D eigenvalue weighted by Crippen LogP contribution is 2.26. The highest BCUT2D eigenvalue weighted by Gasteiger charge is 2.31. The number of para-hydroxylation sites is 1. The van der Waals surface area contributed by atoms with E-state index in [2.05, 4.69) is 25.7 Å². The third kappa shape index (κ3) is 7.36. The Morgan fingerprint density at radius 1 is 1.03 bits per heavy atom. The molecule has 3 N–H and O–H groups in total. The lowest BCUT2D eigenvalue weighted by molar-refractivity contribution is -0.274. The topological polar surface area (TPSA) is 74.8 Å². The van der Waals surface area contributed by atoms with Gasteiger partial charge in [0.2, 0.25) is 0 Å². The molecule has 0 heterocycles. The van der Waals surface area contributed by atoms with Crippen LogP contribution in [0.5, 0.6) is 5.75 Å². The predicted octanol–water partition coefficient (Wildman–Crippen LogP) is 3.20. The van der Waals surface area contributed by atoms with E-state index in [1.807, 2.05) is 13.0 Å². The predicted molar refractivity (Wildman–Crippen MR) is 105 cm³/mol. The molecule has 9 heteroatoms. The van der Waals surface area contributed by atoms with Crippen LogP contribution in [-0.2, 0) is 13.1 Å². The SMILES string of the molecule is CCNC(=O)c1cccc(CNC(=NC)NCc2ccccc2OC(F)(F)F)c1. The zero-order valence-corrected chi connectivity index (χ0v) is 16.1. The van der Waals surface area contributed by atoms with E-state index >= 15 is 0 Å². The molecular weight excluding hydrogens is 385 g/mol. The molecule has 2 rings (SSSR count). The first-order chi connectivity index (χ1) is 13.8. The van der Waals surface area contributed by atoms with Crippen LogP contribution in [0, 0.1) is 0 Å². The van der Waals surface area contributed by atoms with Crippen LogP contribution in [0.1, 0.15) is 28.4 Å². The average molecular weight is 408 g/mol. The fourth-order valence-electron chi connectivity index (χ4n) is 2.54. The Hall–Kier alpha value is -3.23. The lowest BCUT2D eigenvalue weighted by atomic mass is 10.1. The zero-order chi connectivity index (χ0) is 21.3. The van der Waals surface area contributed by atoms with E-state index in [1.165, 1.54) is 18.2 Å². The van der Waals surface area contributed by atoms with Gasteiger partial charge in [-0.3, -0.25) is 9.79 Å². The van der Waals surface area contributed by atoms with Crippen LogP contribution >= 0.6 is 0 Å². The maximum atomic E-state index is 12.5. The lowest BCUT2D eigenvalue weighted by Gasteiger charge is -2.16. The summed E-state index contributed by atoms with van der Waals surface area (Å²) in [6.45, 7) is 2.85. The molecule has 0 aliphatic heterocycles. The number of carbonyl (C=O) groups excluding carboxylic acids is 1. The smallest absolute Gasteiger partial charge is 0.405 e. The first-order valence-corrected chi connectivity index (χ1v) is 8.97. The van der Waals surface area contributed by atoms with Gasteiger partial charge in [-0.25, -0.2) is 0 Å². The summed E-state index contributed by atoms with van der Waals surface area (Å²) in [5, 5.41) is 8.76. The Labute approximate surface area is 167 Å². The Morgan fingerprint density at radius 2 is 1.76 bits per heavy atom. The Morgan fingerprint density at radius 3 is 2.45 bits per heavy atom. The number of halogens is 3. The minimum atomic E-state index is -4.76. The number of carbonyl (C=O) groups is 1. The van der Waals surface area contributed by atoms with E-state index in [9.17, 15) is 18.0 Å². The van der Waals surface area contributed by atoms with E-state index in [1.54, 1.807) is 31.3 Å². The van der Waals surface area contributed by atoms with Gasteiger partial charge >= 0.3 is 6.36 Å². The minimum Gasteiger partial charge on any atom is -0.405 e. The summed E-state index contributed by atoms with van der Waals surface area (Å²) in [4.78, 5) is 16.0. The molecule has 0 atom stereocenters. The molecule has 0 saturated heterocycles. The third-order valence-corrected chi connectivity index (χ3v) is 3.85. The van der Waals surface area contributed by atoms with E-state index in [0.29, 0.717) is 30.2 Å². The average Bonchev–Trinajstić information content (AvgIpc) is 2.68. The summed E-state index contributed by atoms with van der Waals surface area (Å²) in [7, 11) is 1.55. The van der Waals surface area contributed by atoms with Gasteiger partial charge in [0.25, 0.3) is 5.91 Å². The number of amides is 1. The minimum absolute atomic E-state index is 0.0882. The van der Waals surface area contributed by atoms with Gasteiger partial charge in [0.15, 0.2) is 5.96 Å². The van der Waals surface area contributed by atoms with E-state index < -0.39 is 6.36 Å². The Bertz CT molecular complexity index is 854. The van der Waals surface area contributed by atoms with Crippen LogP contribution in [-0.4, -0.2) is 31.8 Å². The summed E-state index contributed by atoms with van der Waals surface area (Å²) in [6.07, 6.45) is -4.76. The van der Waals surface area contributed by atoms with E-state index in [-0.39, 0.29) is 18.2 Å². The lowest BCUT2D eigenvalue weighted by Crippen LogP contribution is -2.36. The molecule has 0 aromatic heterocycles. The molecule has 0 fully saturated rings. The molecule has 6 nitrogen and oxygen atoms in total. The molecule has 29 heavy (non-hydrogen) atoms. The van der Waals surface area contributed by atoms with Crippen molar-refractivity contribution in [3.8, 4) is 5.75 Å². The van der Waals surface area contributed by atoms with Crippen LogP contribution in [0.15, 0.2) is 53.5 Å². The fourth-order valence-corrected chi connectivity index (χ4v) is 2.54. The Kier molecular flexibility index (Phi) is 7.88. The van der Waals surface area contributed by atoms with Gasteiger partial charge in [0.1, 0.15) is 5.75 Å². The Balaban J connectivity index is 1.96. The van der Waals surface area contributed by atoms with Gasteiger partial charge in [-0.15, -0.1) is 13.2 Å². The number of guanidine groups is 1. The van der Waals surface area contributed by atoms with Crippen molar-refractivity contribution in [2.45, 2.75) is 26.4 Å². The van der Waals surface area contributed by atoms with Gasteiger partial charge < -0.3 is 20.7 Å². The molecule has 0 saturated carbocycles. The van der Waals surface area contributed by atoms with Gasteiger partial charge in [0, 0.05) is 37.8 Å². The third-order valence-electron chi connectivity index (χ3n) is 3.85. The highest BCUT2D eigenvalue weighted by atomic mass is 19.4. The summed E-state index contributed by atoms with van der Waals surface area (Å²) >= 11 is 0. The second kappa shape index (κ2) is 10.4. The number of hydrogen-bond donors (Lipinski definition) is 3. The number of ether oxygens (including phenoxy) is 1. The maximum Gasteiger partial charge on any atom is 0.573 e.